The number of benzene rings is 2. The second-order valence-electron chi connectivity index (χ2n) is 14.1. The molecule has 55 heavy (non-hydrogen) atoms. The molecule has 6 unspecified atom stereocenters. The van der Waals surface area contributed by atoms with E-state index in [0.29, 0.717) is 60.1 Å². The summed E-state index contributed by atoms with van der Waals surface area (Å²) in [5, 5.41) is 24.2. The van der Waals surface area contributed by atoms with Gasteiger partial charge in [-0.3, -0.25) is 9.69 Å². The second kappa shape index (κ2) is 20.2. The van der Waals surface area contributed by atoms with Crippen molar-refractivity contribution in [2.45, 2.75) is 76.0 Å². The summed E-state index contributed by atoms with van der Waals surface area (Å²) in [4.78, 5) is 32.9. The molecule has 0 aromatic heterocycles. The van der Waals surface area contributed by atoms with Crippen LogP contribution in [0.1, 0.15) is 80.1 Å². The van der Waals surface area contributed by atoms with Crippen molar-refractivity contribution < 1.29 is 48.3 Å². The van der Waals surface area contributed by atoms with Gasteiger partial charge in [0.1, 0.15) is 42.8 Å². The summed E-state index contributed by atoms with van der Waals surface area (Å²) in [7, 11) is 3.02. The van der Waals surface area contributed by atoms with Crippen molar-refractivity contribution in [3.63, 3.8) is 0 Å². The third-order valence-corrected chi connectivity index (χ3v) is 10.9. The molecule has 0 bridgehead atoms. The molecule has 2 N–H and O–H groups in total. The number of ether oxygens (including phenoxy) is 5. The molecule has 2 aromatic rings. The van der Waals surface area contributed by atoms with Crippen LogP contribution >= 0.6 is 11.6 Å². The van der Waals surface area contributed by atoms with E-state index >= 15 is 0 Å². The van der Waals surface area contributed by atoms with Crippen molar-refractivity contribution in [2.75, 3.05) is 53.1 Å². The quantitative estimate of drug-likeness (QED) is 0.0426. The maximum atomic E-state index is 13.9. The van der Waals surface area contributed by atoms with E-state index in [1.54, 1.807) is 29.2 Å². The molecule has 12 nitrogen and oxygen atoms in total. The average Bonchev–Trinajstić information content (AvgIpc) is 3.20. The fraction of sp³-hybridized carbons (Fsp3) is 0.548. The van der Waals surface area contributed by atoms with E-state index in [1.807, 2.05) is 25.1 Å². The minimum atomic E-state index is -1.40. The maximum Gasteiger partial charge on any atom is 0.410 e. The number of carbonyl (C=O) groups excluding carboxylic acids is 2. The number of hydrogen-bond acceptors (Lipinski definition) is 11. The second-order valence-corrected chi connectivity index (χ2v) is 14.5. The molecule has 1 amide bonds. The summed E-state index contributed by atoms with van der Waals surface area (Å²) in [6.45, 7) is 6.68. The van der Waals surface area contributed by atoms with Crippen molar-refractivity contribution in [3.05, 3.63) is 71.8 Å². The average molecular weight is 783 g/mol. The lowest BCUT2D eigenvalue weighted by Gasteiger charge is -2.59. The number of aldehydes is 1. The number of oxime groups is 1. The number of rotatable bonds is 21. The van der Waals surface area contributed by atoms with Crippen LogP contribution in [0, 0.1) is 17.8 Å². The SMILES string of the molecule is C=CCOC12Oc3ccc(Oc4ccc(OC)c(C=O)c4)cc3C3C(CCCCO)C(CCCCO)C=C(C(=NOC)CC1N(CCC)C(=O)OCCCl)C32. The Kier molecular flexibility index (Phi) is 15.4. The van der Waals surface area contributed by atoms with Crippen molar-refractivity contribution >= 4 is 29.7 Å². The fourth-order valence-electron chi connectivity index (χ4n) is 8.65. The number of amides is 1. The summed E-state index contributed by atoms with van der Waals surface area (Å²) in [5.41, 5.74) is 2.88. The lowest BCUT2D eigenvalue weighted by atomic mass is 9.55. The topological polar surface area (TPSA) is 146 Å². The summed E-state index contributed by atoms with van der Waals surface area (Å²) in [5.74, 6) is 0.197. The number of carbonyl (C=O) groups is 2. The van der Waals surface area contributed by atoms with Gasteiger partial charge in [0, 0.05) is 37.7 Å². The molecule has 0 saturated heterocycles. The highest BCUT2D eigenvalue weighted by Crippen LogP contribution is 2.62. The molecular weight excluding hydrogens is 728 g/mol. The van der Waals surface area contributed by atoms with Crippen molar-refractivity contribution in [1.82, 2.24) is 4.90 Å². The number of hydrogen-bond donors (Lipinski definition) is 2. The van der Waals surface area contributed by atoms with Crippen LogP contribution < -0.4 is 14.2 Å². The van der Waals surface area contributed by atoms with E-state index in [-0.39, 0.29) is 56.5 Å². The molecule has 1 fully saturated rings. The minimum absolute atomic E-state index is 0.0385. The van der Waals surface area contributed by atoms with Gasteiger partial charge in [-0.1, -0.05) is 37.1 Å². The largest absolute Gasteiger partial charge is 0.496 e. The van der Waals surface area contributed by atoms with E-state index in [2.05, 4.69) is 17.8 Å². The molecule has 6 atom stereocenters. The molecule has 0 spiro atoms. The van der Waals surface area contributed by atoms with Crippen molar-refractivity contribution in [2.24, 2.45) is 22.9 Å². The Balaban J connectivity index is 1.75. The van der Waals surface area contributed by atoms with Crippen LogP contribution in [0.2, 0.25) is 0 Å². The molecular formula is C42H55ClN2O10. The monoisotopic (exact) mass is 782 g/mol. The maximum absolute atomic E-state index is 13.9. The van der Waals surface area contributed by atoms with Crippen LogP contribution in [0.4, 0.5) is 4.79 Å². The van der Waals surface area contributed by atoms with Gasteiger partial charge in [0.25, 0.3) is 0 Å². The lowest BCUT2D eigenvalue weighted by Crippen LogP contribution is -2.70. The molecule has 13 heteroatoms. The predicted octanol–water partition coefficient (Wildman–Crippen LogP) is 7.65. The zero-order valence-corrected chi connectivity index (χ0v) is 32.9. The van der Waals surface area contributed by atoms with E-state index in [0.717, 1.165) is 43.1 Å². The minimum Gasteiger partial charge on any atom is -0.496 e. The highest BCUT2D eigenvalue weighted by atomic mass is 35.5. The Hall–Kier alpha value is -4.10. The van der Waals surface area contributed by atoms with Gasteiger partial charge in [0.15, 0.2) is 6.29 Å². The van der Waals surface area contributed by atoms with Crippen LogP contribution in [0.15, 0.2) is 65.9 Å². The predicted molar refractivity (Wildman–Crippen MR) is 209 cm³/mol. The Morgan fingerprint density at radius 2 is 1.84 bits per heavy atom. The van der Waals surface area contributed by atoms with Gasteiger partial charge in [-0.05, 0) is 85.9 Å². The molecule has 2 aromatic carbocycles. The zero-order chi connectivity index (χ0) is 39.4. The Morgan fingerprint density at radius 3 is 2.51 bits per heavy atom. The molecule has 3 aliphatic rings. The summed E-state index contributed by atoms with van der Waals surface area (Å²) in [6.07, 6.45) is 9.59. The van der Waals surface area contributed by atoms with Crippen molar-refractivity contribution in [3.8, 4) is 23.0 Å². The van der Waals surface area contributed by atoms with E-state index < -0.39 is 23.8 Å². The van der Waals surface area contributed by atoms with Crippen LogP contribution in [0.25, 0.3) is 0 Å². The van der Waals surface area contributed by atoms with Gasteiger partial charge in [-0.15, -0.1) is 18.2 Å². The third-order valence-electron chi connectivity index (χ3n) is 10.8. The van der Waals surface area contributed by atoms with Gasteiger partial charge in [0.2, 0.25) is 5.79 Å². The summed E-state index contributed by atoms with van der Waals surface area (Å²) >= 11 is 5.96. The van der Waals surface area contributed by atoms with Gasteiger partial charge >= 0.3 is 6.09 Å². The number of allylic oxidation sites excluding steroid dienone is 1. The van der Waals surface area contributed by atoms with E-state index in [4.69, 9.17) is 40.1 Å². The van der Waals surface area contributed by atoms with Crippen LogP contribution in [-0.4, -0.2) is 98.1 Å². The van der Waals surface area contributed by atoms with Crippen molar-refractivity contribution in [1.29, 1.82) is 0 Å². The number of methoxy groups -OCH3 is 1. The van der Waals surface area contributed by atoms with Crippen LogP contribution in [0.5, 0.6) is 23.0 Å². The highest BCUT2D eigenvalue weighted by molar-refractivity contribution is 6.18. The van der Waals surface area contributed by atoms with Gasteiger partial charge in [-0.25, -0.2) is 4.79 Å². The number of fused-ring (bicyclic) bond motifs is 2. The first-order valence-electron chi connectivity index (χ1n) is 19.3. The zero-order valence-electron chi connectivity index (χ0n) is 32.1. The molecule has 2 aliphatic carbocycles. The summed E-state index contributed by atoms with van der Waals surface area (Å²) in [6, 6.07) is 10.1. The first kappa shape index (κ1) is 42.1. The number of nitrogens with zero attached hydrogens (tertiary/aromatic N) is 2. The molecule has 1 saturated carbocycles. The standard InChI is InChI=1S/C42H55ClN2O10/c1-5-18-45(41(49)52-22-17-43)38-26-35(44-51-4)33-24-28(11-7-9-19-46)32(12-8-10-20-47)39-34-25-31(54-30-13-15-36(50-3)29(23-30)27-48)14-16-37(34)55-42(38,40(33)39)53-21-6-2/h6,13-16,23-25,27-28,32,38-40,46-47H,2,5,7-12,17-22,26H2,1,3-4H3. The van der Waals surface area contributed by atoms with E-state index in [1.165, 1.54) is 14.2 Å². The number of unbranched alkanes of at least 4 members (excludes halogenated alkanes) is 2. The van der Waals surface area contributed by atoms with Crippen LogP contribution in [-0.2, 0) is 14.3 Å². The number of alkyl halides is 1. The Labute approximate surface area is 329 Å². The van der Waals surface area contributed by atoms with E-state index in [9.17, 15) is 19.8 Å². The number of aliphatic hydroxyl groups is 2. The van der Waals surface area contributed by atoms with Gasteiger partial charge in [0.05, 0.1) is 36.8 Å². The third kappa shape index (κ3) is 9.14. The van der Waals surface area contributed by atoms with Gasteiger partial charge in [-0.2, -0.15) is 0 Å². The Morgan fingerprint density at radius 1 is 1.09 bits per heavy atom. The van der Waals surface area contributed by atoms with Crippen LogP contribution in [0.3, 0.4) is 0 Å². The first-order chi connectivity index (χ1) is 26.8. The Bertz CT molecular complexity index is 1680. The molecule has 1 heterocycles. The summed E-state index contributed by atoms with van der Waals surface area (Å²) < 4.78 is 31.5. The number of halogens is 1. The first-order valence-corrected chi connectivity index (χ1v) is 19.8. The fourth-order valence-corrected chi connectivity index (χ4v) is 8.73. The number of aliphatic hydroxyl groups excluding tert-OH is 2. The molecule has 5 rings (SSSR count). The highest BCUT2D eigenvalue weighted by Gasteiger charge is 2.65. The molecule has 0 radical (unpaired) electrons. The van der Waals surface area contributed by atoms with Gasteiger partial charge < -0.3 is 38.7 Å². The molecule has 1 aliphatic heterocycles. The lowest BCUT2D eigenvalue weighted by molar-refractivity contribution is -0.255. The normalized spacial score (nSPS) is 24.4. The smallest absolute Gasteiger partial charge is 0.410 e. The molecule has 300 valence electrons.